The number of esters is 2. The zero-order valence-corrected chi connectivity index (χ0v) is 11.8. The summed E-state index contributed by atoms with van der Waals surface area (Å²) >= 11 is 0. The van der Waals surface area contributed by atoms with Crippen LogP contribution in [0.5, 0.6) is 0 Å². The molecule has 0 aromatic carbocycles. The molecule has 2 atom stereocenters. The van der Waals surface area contributed by atoms with Crippen molar-refractivity contribution in [2.24, 2.45) is 5.92 Å². The van der Waals surface area contributed by atoms with Crippen LogP contribution in [0.25, 0.3) is 0 Å². The fourth-order valence-corrected chi connectivity index (χ4v) is 2.39. The van der Waals surface area contributed by atoms with Crippen LogP contribution in [0.3, 0.4) is 0 Å². The summed E-state index contributed by atoms with van der Waals surface area (Å²) in [5.74, 6) is -2.38. The fraction of sp³-hybridized carbons (Fsp3) is 0.846. The van der Waals surface area contributed by atoms with Crippen molar-refractivity contribution in [3.63, 3.8) is 0 Å². The lowest BCUT2D eigenvalue weighted by Crippen LogP contribution is -2.57. The number of ether oxygens (including phenoxy) is 2. The Hall–Kier alpha value is -1.14. The number of β-amino-alcohol motifs (C(OH)–C–C–N with tert-alkyl or cyclic N) is 1. The summed E-state index contributed by atoms with van der Waals surface area (Å²) in [6, 6.07) is 0. The number of nitrogens with zero attached hydrogens (tertiary/aromatic N) is 1. The normalized spacial score (nSPS) is 21.3. The molecule has 0 bridgehead atoms. The van der Waals surface area contributed by atoms with E-state index in [-0.39, 0.29) is 6.54 Å². The smallest absolute Gasteiger partial charge is 0.340 e. The highest BCUT2D eigenvalue weighted by molar-refractivity contribution is 5.87. The Bertz CT molecular complexity index is 327. The molecule has 110 valence electrons. The van der Waals surface area contributed by atoms with Gasteiger partial charge < -0.3 is 14.6 Å². The third-order valence-electron chi connectivity index (χ3n) is 3.72. The van der Waals surface area contributed by atoms with E-state index in [9.17, 15) is 14.7 Å². The maximum absolute atomic E-state index is 11.9. The minimum absolute atomic E-state index is 0.0932. The number of carbonyl (C=O) groups is 2. The van der Waals surface area contributed by atoms with E-state index in [1.54, 1.807) is 0 Å². The van der Waals surface area contributed by atoms with Crippen LogP contribution < -0.4 is 0 Å². The van der Waals surface area contributed by atoms with Gasteiger partial charge in [0.1, 0.15) is 0 Å². The van der Waals surface area contributed by atoms with Crippen LogP contribution in [-0.4, -0.2) is 61.4 Å². The number of aliphatic hydroxyl groups is 1. The van der Waals surface area contributed by atoms with Crippen LogP contribution in [0, 0.1) is 5.92 Å². The number of likely N-dealkylation sites (tertiary alicyclic amines) is 1. The summed E-state index contributed by atoms with van der Waals surface area (Å²) in [5, 5.41) is 10.6. The predicted molar refractivity (Wildman–Crippen MR) is 68.4 cm³/mol. The second-order valence-corrected chi connectivity index (χ2v) is 5.00. The fourth-order valence-electron chi connectivity index (χ4n) is 2.39. The second-order valence-electron chi connectivity index (χ2n) is 5.00. The van der Waals surface area contributed by atoms with Crippen LogP contribution >= 0.6 is 0 Å². The molecule has 1 saturated heterocycles. The third kappa shape index (κ3) is 3.67. The van der Waals surface area contributed by atoms with E-state index in [1.807, 2.05) is 4.90 Å². The van der Waals surface area contributed by atoms with E-state index in [4.69, 9.17) is 0 Å². The Morgan fingerprint density at radius 3 is 2.26 bits per heavy atom. The largest absolute Gasteiger partial charge is 0.469 e. The van der Waals surface area contributed by atoms with Gasteiger partial charge in [-0.1, -0.05) is 6.42 Å². The van der Waals surface area contributed by atoms with Gasteiger partial charge in [0.2, 0.25) is 0 Å². The van der Waals surface area contributed by atoms with Crippen molar-refractivity contribution in [1.29, 1.82) is 0 Å². The molecule has 2 unspecified atom stereocenters. The second kappa shape index (κ2) is 6.86. The van der Waals surface area contributed by atoms with Crippen molar-refractivity contribution in [3.05, 3.63) is 0 Å². The molecule has 0 saturated carbocycles. The molecule has 0 spiro atoms. The molecule has 0 aromatic heterocycles. The van der Waals surface area contributed by atoms with Crippen molar-refractivity contribution in [2.75, 3.05) is 33.9 Å². The lowest BCUT2D eigenvalue weighted by atomic mass is 9.87. The number of hydrogen-bond acceptors (Lipinski definition) is 6. The molecular formula is C13H23NO5. The molecule has 6 heteroatoms. The molecule has 0 amide bonds. The molecule has 1 N–H and O–H groups in total. The van der Waals surface area contributed by atoms with Gasteiger partial charge in [-0.2, -0.15) is 0 Å². The van der Waals surface area contributed by atoms with Crippen molar-refractivity contribution in [1.82, 2.24) is 4.90 Å². The van der Waals surface area contributed by atoms with Crippen LogP contribution in [0.1, 0.15) is 26.2 Å². The average molecular weight is 273 g/mol. The molecule has 1 heterocycles. The van der Waals surface area contributed by atoms with Crippen LogP contribution in [0.2, 0.25) is 0 Å². The molecule has 1 rings (SSSR count). The summed E-state index contributed by atoms with van der Waals surface area (Å²) < 4.78 is 9.27. The van der Waals surface area contributed by atoms with Crippen molar-refractivity contribution in [2.45, 2.75) is 31.8 Å². The standard InChI is InChI=1S/C13H23NO5/c1-10(11(15)18-2)13(17,12(16)19-3)9-14-7-5-4-6-8-14/h10,17H,4-9H2,1-3H3. The number of carbonyl (C=O) groups excluding carboxylic acids is 2. The van der Waals surface area contributed by atoms with Crippen LogP contribution in [-0.2, 0) is 19.1 Å². The van der Waals surface area contributed by atoms with E-state index in [2.05, 4.69) is 9.47 Å². The number of piperidine rings is 1. The van der Waals surface area contributed by atoms with E-state index in [0.717, 1.165) is 32.4 Å². The third-order valence-corrected chi connectivity index (χ3v) is 3.72. The summed E-state index contributed by atoms with van der Waals surface area (Å²) in [6.45, 7) is 3.20. The average Bonchev–Trinajstić information content (AvgIpc) is 2.45. The number of hydrogen-bond donors (Lipinski definition) is 1. The number of rotatable bonds is 5. The first-order chi connectivity index (χ1) is 8.95. The highest BCUT2D eigenvalue weighted by Gasteiger charge is 2.48. The maximum atomic E-state index is 11.9. The van der Waals surface area contributed by atoms with Crippen molar-refractivity contribution < 1.29 is 24.2 Å². The molecule has 19 heavy (non-hydrogen) atoms. The molecule has 0 aromatic rings. The molecule has 1 fully saturated rings. The predicted octanol–water partition coefficient (Wildman–Crippen LogP) is 0.185. The summed E-state index contributed by atoms with van der Waals surface area (Å²) in [5.41, 5.74) is -1.86. The highest BCUT2D eigenvalue weighted by Crippen LogP contribution is 2.24. The Labute approximate surface area is 113 Å². The highest BCUT2D eigenvalue weighted by atomic mass is 16.5. The van der Waals surface area contributed by atoms with Crippen molar-refractivity contribution in [3.8, 4) is 0 Å². The minimum Gasteiger partial charge on any atom is -0.469 e. The molecular weight excluding hydrogens is 250 g/mol. The van der Waals surface area contributed by atoms with Gasteiger partial charge in [-0.25, -0.2) is 4.79 Å². The lowest BCUT2D eigenvalue weighted by molar-refractivity contribution is -0.179. The molecule has 1 aliphatic rings. The molecule has 6 nitrogen and oxygen atoms in total. The minimum atomic E-state index is -1.86. The van der Waals surface area contributed by atoms with Gasteiger partial charge >= 0.3 is 11.9 Å². The summed E-state index contributed by atoms with van der Waals surface area (Å²) in [7, 11) is 2.44. The van der Waals surface area contributed by atoms with Crippen molar-refractivity contribution >= 4 is 11.9 Å². The molecule has 1 aliphatic heterocycles. The zero-order valence-electron chi connectivity index (χ0n) is 11.8. The van der Waals surface area contributed by atoms with Gasteiger partial charge in [-0.3, -0.25) is 9.69 Å². The quantitative estimate of drug-likeness (QED) is 0.720. The first-order valence-electron chi connectivity index (χ1n) is 6.56. The first-order valence-corrected chi connectivity index (χ1v) is 6.56. The van der Waals surface area contributed by atoms with E-state index in [0.29, 0.717) is 0 Å². The van der Waals surface area contributed by atoms with Gasteiger partial charge in [-0.05, 0) is 32.9 Å². The Morgan fingerprint density at radius 2 is 1.79 bits per heavy atom. The monoisotopic (exact) mass is 273 g/mol. The van der Waals surface area contributed by atoms with E-state index >= 15 is 0 Å². The van der Waals surface area contributed by atoms with Gasteiger partial charge in [0.15, 0.2) is 5.60 Å². The first kappa shape index (κ1) is 15.9. The Balaban J connectivity index is 2.85. The lowest BCUT2D eigenvalue weighted by Gasteiger charge is -2.36. The summed E-state index contributed by atoms with van der Waals surface area (Å²) in [4.78, 5) is 25.5. The topological polar surface area (TPSA) is 76.1 Å². The van der Waals surface area contributed by atoms with Gasteiger partial charge in [0, 0.05) is 6.54 Å². The Morgan fingerprint density at radius 1 is 1.21 bits per heavy atom. The van der Waals surface area contributed by atoms with E-state index in [1.165, 1.54) is 21.1 Å². The van der Waals surface area contributed by atoms with Gasteiger partial charge in [-0.15, -0.1) is 0 Å². The maximum Gasteiger partial charge on any atom is 0.340 e. The molecule has 0 radical (unpaired) electrons. The number of methoxy groups -OCH3 is 2. The molecule has 0 aliphatic carbocycles. The van der Waals surface area contributed by atoms with Crippen LogP contribution in [0.15, 0.2) is 0 Å². The zero-order chi connectivity index (χ0) is 14.5. The SMILES string of the molecule is COC(=O)C(C)C(O)(CN1CCCCC1)C(=O)OC. The summed E-state index contributed by atoms with van der Waals surface area (Å²) in [6.07, 6.45) is 3.22. The Kier molecular flexibility index (Phi) is 5.75. The van der Waals surface area contributed by atoms with E-state index < -0.39 is 23.5 Å². The van der Waals surface area contributed by atoms with Gasteiger partial charge in [0.25, 0.3) is 0 Å². The van der Waals surface area contributed by atoms with Gasteiger partial charge in [0.05, 0.1) is 20.1 Å². The van der Waals surface area contributed by atoms with Crippen LogP contribution in [0.4, 0.5) is 0 Å².